The second-order valence-corrected chi connectivity index (χ2v) is 5.22. The summed E-state index contributed by atoms with van der Waals surface area (Å²) in [5.74, 6) is 3.18. The van der Waals surface area contributed by atoms with Gasteiger partial charge in [-0.25, -0.2) is 0 Å². The first-order valence-electron chi connectivity index (χ1n) is 6.97. The average Bonchev–Trinajstić information content (AvgIpc) is 2.85. The van der Waals surface area contributed by atoms with Gasteiger partial charge in [-0.3, -0.25) is 4.90 Å². The molecule has 1 aliphatic heterocycles. The van der Waals surface area contributed by atoms with Crippen LogP contribution in [0.5, 0.6) is 11.5 Å². The summed E-state index contributed by atoms with van der Waals surface area (Å²) in [7, 11) is 0. The summed E-state index contributed by atoms with van der Waals surface area (Å²) in [4.78, 5) is 2.12. The van der Waals surface area contributed by atoms with Gasteiger partial charge in [0.15, 0.2) is 11.5 Å². The van der Waals surface area contributed by atoms with Gasteiger partial charge in [-0.1, -0.05) is 30.3 Å². The topological polar surface area (TPSA) is 25.6 Å². The van der Waals surface area contributed by atoms with Gasteiger partial charge < -0.3 is 9.15 Å². The van der Waals surface area contributed by atoms with Crippen LogP contribution < -0.4 is 9.64 Å². The van der Waals surface area contributed by atoms with Crippen LogP contribution >= 0.6 is 0 Å². The zero-order chi connectivity index (χ0) is 14.4. The van der Waals surface area contributed by atoms with Gasteiger partial charge in [0.25, 0.3) is 0 Å². The Morgan fingerprint density at radius 1 is 0.810 bits per heavy atom. The van der Waals surface area contributed by atoms with Crippen LogP contribution in [-0.2, 0) is 0 Å². The summed E-state index contributed by atoms with van der Waals surface area (Å²) >= 11 is 0. The molecule has 0 saturated carbocycles. The first kappa shape index (κ1) is 12.1. The van der Waals surface area contributed by atoms with E-state index in [1.54, 1.807) is 0 Å². The van der Waals surface area contributed by atoms with Crippen LogP contribution in [0.4, 0.5) is 17.3 Å². The van der Waals surface area contributed by atoms with E-state index in [2.05, 4.69) is 24.0 Å². The Morgan fingerprint density at radius 2 is 1.52 bits per heavy atom. The van der Waals surface area contributed by atoms with E-state index in [1.165, 1.54) is 5.56 Å². The minimum atomic E-state index is 0.737. The quantitative estimate of drug-likeness (QED) is 0.461. The predicted octanol–water partition coefficient (Wildman–Crippen LogP) is 5.47. The van der Waals surface area contributed by atoms with Gasteiger partial charge >= 0.3 is 0 Å². The van der Waals surface area contributed by atoms with Gasteiger partial charge in [-0.05, 0) is 37.6 Å². The number of furan rings is 1. The number of aryl methyl sites for hydroxylation is 2. The van der Waals surface area contributed by atoms with Gasteiger partial charge in [-0.15, -0.1) is 0 Å². The molecule has 0 aliphatic carbocycles. The smallest absolute Gasteiger partial charge is 0.248 e. The lowest BCUT2D eigenvalue weighted by Crippen LogP contribution is -2.15. The monoisotopic (exact) mass is 277 g/mol. The molecule has 0 fully saturated rings. The van der Waals surface area contributed by atoms with Crippen molar-refractivity contribution in [1.29, 1.82) is 0 Å². The highest BCUT2D eigenvalue weighted by Crippen LogP contribution is 2.51. The molecule has 0 radical (unpaired) electrons. The van der Waals surface area contributed by atoms with Gasteiger partial charge in [-0.2, -0.15) is 0 Å². The van der Waals surface area contributed by atoms with Crippen molar-refractivity contribution in [1.82, 2.24) is 0 Å². The summed E-state index contributed by atoms with van der Waals surface area (Å²) in [6, 6.07) is 18.2. The third-order valence-electron chi connectivity index (χ3n) is 3.69. The molecule has 2 heterocycles. The molecular weight excluding hydrogens is 262 g/mol. The minimum absolute atomic E-state index is 0.737. The zero-order valence-corrected chi connectivity index (χ0v) is 12.0. The zero-order valence-electron chi connectivity index (χ0n) is 12.0. The molecule has 1 aromatic heterocycles. The van der Waals surface area contributed by atoms with E-state index < -0.39 is 0 Å². The van der Waals surface area contributed by atoms with E-state index in [0.717, 1.165) is 34.5 Å². The Labute approximate surface area is 123 Å². The summed E-state index contributed by atoms with van der Waals surface area (Å²) in [5, 5.41) is 0. The fraction of sp³-hybridized carbons (Fsp3) is 0.111. The number of ether oxygens (including phenoxy) is 1. The highest BCUT2D eigenvalue weighted by Gasteiger charge is 2.29. The fourth-order valence-corrected chi connectivity index (χ4v) is 2.72. The minimum Gasteiger partial charge on any atom is -0.449 e. The number of hydrogen-bond acceptors (Lipinski definition) is 3. The second-order valence-electron chi connectivity index (χ2n) is 5.22. The van der Waals surface area contributed by atoms with E-state index in [1.807, 2.05) is 49.4 Å². The molecule has 0 bridgehead atoms. The molecule has 0 atom stereocenters. The van der Waals surface area contributed by atoms with Gasteiger partial charge in [0, 0.05) is 6.07 Å². The standard InChI is InChI=1S/C18H15NO2/c1-12-7-3-4-8-14(12)19-15-9-5-6-10-16(15)21-17-11-13(2)20-18(17)19/h3-11H,1-2H3. The molecule has 4 rings (SSSR count). The Balaban J connectivity index is 1.99. The fourth-order valence-electron chi connectivity index (χ4n) is 2.72. The van der Waals surface area contributed by atoms with Crippen molar-refractivity contribution in [2.24, 2.45) is 0 Å². The first-order chi connectivity index (χ1) is 10.2. The van der Waals surface area contributed by atoms with Gasteiger partial charge in [0.05, 0.1) is 11.4 Å². The number of benzene rings is 2. The van der Waals surface area contributed by atoms with Crippen molar-refractivity contribution in [3.8, 4) is 11.5 Å². The molecule has 3 heteroatoms. The summed E-state index contributed by atoms with van der Waals surface area (Å²) in [5.41, 5.74) is 3.28. The van der Waals surface area contributed by atoms with Gasteiger partial charge in [0.2, 0.25) is 5.88 Å². The Bertz CT molecular complexity index is 809. The van der Waals surface area contributed by atoms with E-state index in [-0.39, 0.29) is 0 Å². The maximum atomic E-state index is 5.95. The summed E-state index contributed by atoms with van der Waals surface area (Å²) in [6.45, 7) is 4.03. The second kappa shape index (κ2) is 4.42. The molecule has 0 unspecified atom stereocenters. The predicted molar refractivity (Wildman–Crippen MR) is 82.9 cm³/mol. The molecule has 2 aromatic carbocycles. The molecule has 104 valence electrons. The lowest BCUT2D eigenvalue weighted by molar-refractivity contribution is 0.454. The molecule has 1 aliphatic rings. The highest BCUT2D eigenvalue weighted by molar-refractivity contribution is 5.84. The third kappa shape index (κ3) is 1.82. The molecule has 21 heavy (non-hydrogen) atoms. The molecule has 0 saturated heterocycles. The van der Waals surface area contributed by atoms with Crippen molar-refractivity contribution in [3.63, 3.8) is 0 Å². The van der Waals surface area contributed by atoms with Crippen molar-refractivity contribution >= 4 is 17.3 Å². The van der Waals surface area contributed by atoms with Crippen LogP contribution in [0, 0.1) is 13.8 Å². The molecule has 0 amide bonds. The molecule has 0 spiro atoms. The lowest BCUT2D eigenvalue weighted by Gasteiger charge is -2.30. The lowest BCUT2D eigenvalue weighted by atomic mass is 10.1. The van der Waals surface area contributed by atoms with Gasteiger partial charge in [0.1, 0.15) is 5.76 Å². The van der Waals surface area contributed by atoms with Crippen LogP contribution in [0.25, 0.3) is 0 Å². The molecule has 0 N–H and O–H groups in total. The maximum absolute atomic E-state index is 5.95. The van der Waals surface area contributed by atoms with Crippen LogP contribution in [0.1, 0.15) is 11.3 Å². The number of anilines is 3. The number of hydrogen-bond donors (Lipinski definition) is 0. The number of rotatable bonds is 1. The first-order valence-corrected chi connectivity index (χ1v) is 6.97. The van der Waals surface area contributed by atoms with Crippen molar-refractivity contribution in [2.45, 2.75) is 13.8 Å². The Hall–Kier alpha value is -2.68. The molecular formula is C18H15NO2. The molecule has 3 aromatic rings. The van der Waals surface area contributed by atoms with Crippen LogP contribution in [0.2, 0.25) is 0 Å². The summed E-state index contributed by atoms with van der Waals surface area (Å²) in [6.07, 6.45) is 0. The average molecular weight is 277 g/mol. The Morgan fingerprint density at radius 3 is 2.33 bits per heavy atom. The number of fused-ring (bicyclic) bond motifs is 2. The van der Waals surface area contributed by atoms with Crippen LogP contribution in [0.3, 0.4) is 0 Å². The van der Waals surface area contributed by atoms with E-state index >= 15 is 0 Å². The van der Waals surface area contributed by atoms with Crippen LogP contribution in [-0.4, -0.2) is 0 Å². The normalized spacial score (nSPS) is 12.6. The van der Waals surface area contributed by atoms with E-state index in [0.29, 0.717) is 0 Å². The molecule has 3 nitrogen and oxygen atoms in total. The largest absolute Gasteiger partial charge is 0.449 e. The highest BCUT2D eigenvalue weighted by atomic mass is 16.5. The number of para-hydroxylation sites is 3. The van der Waals surface area contributed by atoms with E-state index in [4.69, 9.17) is 9.15 Å². The Kier molecular flexibility index (Phi) is 2.54. The van der Waals surface area contributed by atoms with Crippen molar-refractivity contribution in [2.75, 3.05) is 4.90 Å². The van der Waals surface area contributed by atoms with E-state index in [9.17, 15) is 0 Å². The number of nitrogens with zero attached hydrogens (tertiary/aromatic N) is 1. The third-order valence-corrected chi connectivity index (χ3v) is 3.69. The van der Waals surface area contributed by atoms with Crippen molar-refractivity contribution in [3.05, 3.63) is 65.9 Å². The van der Waals surface area contributed by atoms with Crippen molar-refractivity contribution < 1.29 is 9.15 Å². The SMILES string of the molecule is Cc1cc2c(o1)N(c1ccccc1C)c1ccccc1O2. The summed E-state index contributed by atoms with van der Waals surface area (Å²) < 4.78 is 11.8. The van der Waals surface area contributed by atoms with Crippen LogP contribution in [0.15, 0.2) is 59.0 Å². The maximum Gasteiger partial charge on any atom is 0.248 e.